The molecule has 0 bridgehead atoms. The first-order valence-corrected chi connectivity index (χ1v) is 10.1. The van der Waals surface area contributed by atoms with E-state index in [-0.39, 0.29) is 28.7 Å². The molecule has 1 atom stereocenters. The van der Waals surface area contributed by atoms with E-state index >= 15 is 4.39 Å². The third-order valence-corrected chi connectivity index (χ3v) is 6.84. The molecular formula is C20H23F3N4O2. The number of aryl methyl sites for hydroxylation is 1. The quantitative estimate of drug-likeness (QED) is 0.815. The van der Waals surface area contributed by atoms with E-state index in [1.807, 2.05) is 0 Å². The van der Waals surface area contributed by atoms with E-state index in [1.54, 1.807) is 11.8 Å². The third-order valence-electron chi connectivity index (χ3n) is 6.84. The molecule has 2 aliphatic carbocycles. The predicted octanol–water partition coefficient (Wildman–Crippen LogP) is 2.73. The molecule has 5 rings (SSSR count). The van der Waals surface area contributed by atoms with E-state index in [4.69, 9.17) is 5.73 Å². The number of rotatable bonds is 4. The average Bonchev–Trinajstić information content (AvgIpc) is 3.56. The standard InChI is InChI=1S/C20H23F3N4O2/c1-9-15-13(18(28)25-19(29)27(15)11-2-3-11)12(17(22)23)14(21)16(9)26-7-4-10(8-26)20(24)5-6-20/h10-11,17H,2-8,24H2,1H3,(H,25,28,29). The van der Waals surface area contributed by atoms with Crippen LogP contribution in [0.2, 0.25) is 0 Å². The van der Waals surface area contributed by atoms with Crippen molar-refractivity contribution in [1.29, 1.82) is 0 Å². The number of nitrogens with one attached hydrogen (secondary N) is 1. The Morgan fingerprint density at radius 3 is 2.48 bits per heavy atom. The second kappa shape index (κ2) is 6.10. The molecule has 3 aliphatic rings. The summed E-state index contributed by atoms with van der Waals surface area (Å²) in [4.78, 5) is 28.8. The summed E-state index contributed by atoms with van der Waals surface area (Å²) in [7, 11) is 0. The van der Waals surface area contributed by atoms with Crippen molar-refractivity contribution in [2.24, 2.45) is 11.7 Å². The Kier molecular flexibility index (Phi) is 3.94. The maximum Gasteiger partial charge on any atom is 0.329 e. The summed E-state index contributed by atoms with van der Waals surface area (Å²) in [6.45, 7) is 2.60. The number of hydrogen-bond acceptors (Lipinski definition) is 4. The van der Waals surface area contributed by atoms with Gasteiger partial charge in [-0.2, -0.15) is 0 Å². The van der Waals surface area contributed by atoms with Crippen LogP contribution >= 0.6 is 0 Å². The van der Waals surface area contributed by atoms with E-state index in [0.717, 1.165) is 32.1 Å². The fourth-order valence-electron chi connectivity index (χ4n) is 4.93. The molecule has 2 saturated carbocycles. The van der Waals surface area contributed by atoms with Crippen LogP contribution in [0, 0.1) is 18.7 Å². The SMILES string of the molecule is Cc1c(N2CCC(C3(N)CC3)C2)c(F)c(C(F)F)c2c(=O)[nH]c(=O)n(C3CC3)c12. The summed E-state index contributed by atoms with van der Waals surface area (Å²) < 4.78 is 44.7. The van der Waals surface area contributed by atoms with Gasteiger partial charge in [0.15, 0.2) is 5.82 Å². The van der Waals surface area contributed by atoms with Gasteiger partial charge in [0.25, 0.3) is 12.0 Å². The van der Waals surface area contributed by atoms with Crippen LogP contribution in [-0.2, 0) is 0 Å². The molecule has 2 aromatic rings. The van der Waals surface area contributed by atoms with Crippen LogP contribution in [0.3, 0.4) is 0 Å². The van der Waals surface area contributed by atoms with E-state index < -0.39 is 34.4 Å². The van der Waals surface area contributed by atoms with E-state index in [0.29, 0.717) is 18.7 Å². The number of aromatic amines is 1. The molecule has 9 heteroatoms. The lowest BCUT2D eigenvalue weighted by atomic mass is 9.97. The highest BCUT2D eigenvalue weighted by Crippen LogP contribution is 2.47. The lowest BCUT2D eigenvalue weighted by Gasteiger charge is -2.26. The fourth-order valence-corrected chi connectivity index (χ4v) is 4.93. The summed E-state index contributed by atoms with van der Waals surface area (Å²) in [5.41, 5.74) is 4.11. The summed E-state index contributed by atoms with van der Waals surface area (Å²) in [6.07, 6.45) is 0.873. The molecule has 29 heavy (non-hydrogen) atoms. The monoisotopic (exact) mass is 408 g/mol. The molecule has 3 fully saturated rings. The van der Waals surface area contributed by atoms with Gasteiger partial charge in [-0.1, -0.05) is 0 Å². The number of halogens is 3. The Bertz CT molecular complexity index is 1130. The molecular weight excluding hydrogens is 385 g/mol. The van der Waals surface area contributed by atoms with E-state index in [2.05, 4.69) is 4.98 Å². The first kappa shape index (κ1) is 18.7. The Morgan fingerprint density at radius 1 is 1.21 bits per heavy atom. The second-order valence-corrected chi connectivity index (χ2v) is 8.75. The Labute approximate surface area is 164 Å². The molecule has 1 unspecified atom stereocenters. The van der Waals surface area contributed by atoms with Crippen LogP contribution in [0.15, 0.2) is 9.59 Å². The number of benzene rings is 1. The van der Waals surface area contributed by atoms with Crippen molar-refractivity contribution in [3.8, 4) is 0 Å². The van der Waals surface area contributed by atoms with Crippen molar-refractivity contribution >= 4 is 16.6 Å². The van der Waals surface area contributed by atoms with Gasteiger partial charge in [0.05, 0.1) is 22.2 Å². The molecule has 0 amide bonds. The molecule has 1 aliphatic heterocycles. The first-order chi connectivity index (χ1) is 13.7. The largest absolute Gasteiger partial charge is 0.369 e. The highest BCUT2D eigenvalue weighted by molar-refractivity contribution is 5.90. The minimum Gasteiger partial charge on any atom is -0.369 e. The number of nitrogens with zero attached hydrogens (tertiary/aromatic N) is 2. The van der Waals surface area contributed by atoms with Crippen LogP contribution in [0.1, 0.15) is 55.7 Å². The van der Waals surface area contributed by atoms with Gasteiger partial charge in [0.1, 0.15) is 0 Å². The lowest BCUT2D eigenvalue weighted by molar-refractivity contribution is 0.148. The maximum atomic E-state index is 15.4. The third kappa shape index (κ3) is 2.73. The number of nitrogens with two attached hydrogens (primary N) is 1. The minimum atomic E-state index is -3.18. The summed E-state index contributed by atoms with van der Waals surface area (Å²) in [6, 6.07) is -0.158. The number of aromatic nitrogens is 2. The van der Waals surface area contributed by atoms with Crippen molar-refractivity contribution in [3.63, 3.8) is 0 Å². The van der Waals surface area contributed by atoms with Gasteiger partial charge in [0.2, 0.25) is 0 Å². The highest BCUT2D eigenvalue weighted by Gasteiger charge is 2.48. The Hall–Kier alpha value is -2.29. The van der Waals surface area contributed by atoms with Crippen LogP contribution in [0.5, 0.6) is 0 Å². The molecule has 3 N–H and O–H groups in total. The number of fused-ring (bicyclic) bond motifs is 1. The average molecular weight is 408 g/mol. The van der Waals surface area contributed by atoms with Crippen LogP contribution in [-0.4, -0.2) is 28.2 Å². The molecule has 0 radical (unpaired) electrons. The minimum absolute atomic E-state index is 0.0685. The molecule has 1 saturated heterocycles. The van der Waals surface area contributed by atoms with Crippen molar-refractivity contribution in [2.45, 2.75) is 57.0 Å². The van der Waals surface area contributed by atoms with Gasteiger partial charge >= 0.3 is 5.69 Å². The number of H-pyrrole nitrogens is 1. The van der Waals surface area contributed by atoms with Crippen molar-refractivity contribution in [2.75, 3.05) is 18.0 Å². The summed E-state index contributed by atoms with van der Waals surface area (Å²) in [5, 5.41) is -0.418. The highest BCUT2D eigenvalue weighted by atomic mass is 19.3. The predicted molar refractivity (Wildman–Crippen MR) is 103 cm³/mol. The molecule has 156 valence electrons. The number of hydrogen-bond donors (Lipinski definition) is 2. The fraction of sp³-hybridized carbons (Fsp3) is 0.600. The smallest absolute Gasteiger partial charge is 0.329 e. The second-order valence-electron chi connectivity index (χ2n) is 8.75. The number of anilines is 1. The Balaban J connectivity index is 1.78. The zero-order chi connectivity index (χ0) is 20.7. The summed E-state index contributed by atoms with van der Waals surface area (Å²) >= 11 is 0. The zero-order valence-electron chi connectivity index (χ0n) is 16.1. The number of alkyl halides is 2. The van der Waals surface area contributed by atoms with Crippen molar-refractivity contribution < 1.29 is 13.2 Å². The molecule has 0 spiro atoms. The van der Waals surface area contributed by atoms with Gasteiger partial charge in [-0.25, -0.2) is 18.0 Å². The molecule has 6 nitrogen and oxygen atoms in total. The van der Waals surface area contributed by atoms with Gasteiger partial charge in [-0.05, 0) is 44.9 Å². The van der Waals surface area contributed by atoms with Crippen LogP contribution in [0.4, 0.5) is 18.9 Å². The van der Waals surface area contributed by atoms with Gasteiger partial charge < -0.3 is 10.6 Å². The van der Waals surface area contributed by atoms with Gasteiger partial charge in [-0.3, -0.25) is 14.3 Å². The van der Waals surface area contributed by atoms with E-state index in [1.165, 1.54) is 4.57 Å². The van der Waals surface area contributed by atoms with E-state index in [9.17, 15) is 18.4 Å². The molecule has 1 aromatic heterocycles. The summed E-state index contributed by atoms with van der Waals surface area (Å²) in [5.74, 6) is -0.893. The normalized spacial score (nSPS) is 23.4. The molecule has 2 heterocycles. The van der Waals surface area contributed by atoms with Crippen molar-refractivity contribution in [3.05, 3.63) is 37.8 Å². The topological polar surface area (TPSA) is 84.1 Å². The maximum absolute atomic E-state index is 15.4. The molecule has 1 aromatic carbocycles. The van der Waals surface area contributed by atoms with Crippen molar-refractivity contribution in [1.82, 2.24) is 9.55 Å². The van der Waals surface area contributed by atoms with Gasteiger partial charge in [-0.15, -0.1) is 0 Å². The van der Waals surface area contributed by atoms with Gasteiger partial charge in [0, 0.05) is 30.2 Å². The van der Waals surface area contributed by atoms with Crippen LogP contribution < -0.4 is 21.9 Å². The first-order valence-electron chi connectivity index (χ1n) is 10.1. The van der Waals surface area contributed by atoms with Crippen LogP contribution in [0.25, 0.3) is 10.9 Å². The zero-order valence-corrected chi connectivity index (χ0v) is 16.1. The Morgan fingerprint density at radius 2 is 1.90 bits per heavy atom. The lowest BCUT2D eigenvalue weighted by Crippen LogP contribution is -2.35.